The fraction of sp³-hybridized carbons (Fsp3) is 0. The Kier molecular flexibility index (Phi) is 6.42. The van der Waals surface area contributed by atoms with Crippen LogP contribution in [0.4, 0.5) is 0 Å². The zero-order valence-corrected chi connectivity index (χ0v) is 26.7. The molecule has 10 rings (SSSR count). The van der Waals surface area contributed by atoms with Crippen molar-refractivity contribution in [3.8, 4) is 56.2 Å². The highest BCUT2D eigenvalue weighted by Gasteiger charge is 2.21. The average molecular weight is 642 g/mol. The van der Waals surface area contributed by atoms with Gasteiger partial charge in [-0.3, -0.25) is 4.98 Å². The SMILES string of the molecule is c1ccc(-c2cc(-c3ccc(-c4cccnc4)cc3)nc(-c3ccc(-c4ccc5oc6ccccc6c5c4)c4c3oc3ccccc34)n2)cc1. The van der Waals surface area contributed by atoms with Gasteiger partial charge in [-0.15, -0.1) is 0 Å². The number of furan rings is 2. The molecule has 0 fully saturated rings. The number of aromatic nitrogens is 3. The van der Waals surface area contributed by atoms with Crippen molar-refractivity contribution in [3.63, 3.8) is 0 Å². The molecule has 5 heteroatoms. The van der Waals surface area contributed by atoms with Crippen molar-refractivity contribution in [1.82, 2.24) is 15.0 Å². The lowest BCUT2D eigenvalue weighted by molar-refractivity contribution is 0.669. The first-order valence-corrected chi connectivity index (χ1v) is 16.6. The molecule has 0 saturated heterocycles. The Morgan fingerprint density at radius 3 is 1.80 bits per heavy atom. The monoisotopic (exact) mass is 641 g/mol. The molecular weight excluding hydrogens is 615 g/mol. The van der Waals surface area contributed by atoms with Crippen molar-refractivity contribution in [2.24, 2.45) is 0 Å². The first kappa shape index (κ1) is 28.2. The van der Waals surface area contributed by atoms with E-state index in [0.717, 1.165) is 94.2 Å². The number of fused-ring (bicyclic) bond motifs is 6. The van der Waals surface area contributed by atoms with Gasteiger partial charge in [-0.1, -0.05) is 109 Å². The summed E-state index contributed by atoms with van der Waals surface area (Å²) in [6.07, 6.45) is 3.67. The van der Waals surface area contributed by atoms with Gasteiger partial charge >= 0.3 is 0 Å². The van der Waals surface area contributed by atoms with E-state index in [2.05, 4.69) is 102 Å². The normalized spacial score (nSPS) is 11.6. The molecule has 6 aromatic carbocycles. The zero-order chi connectivity index (χ0) is 33.0. The molecule has 0 amide bonds. The third-order valence-electron chi connectivity index (χ3n) is 9.43. The smallest absolute Gasteiger partial charge is 0.164 e. The number of benzene rings is 6. The number of rotatable bonds is 5. The van der Waals surface area contributed by atoms with Crippen LogP contribution < -0.4 is 0 Å². The van der Waals surface area contributed by atoms with Crippen molar-refractivity contribution >= 4 is 43.9 Å². The Labute approximate surface area is 287 Å². The summed E-state index contributed by atoms with van der Waals surface area (Å²) in [7, 11) is 0. The van der Waals surface area contributed by atoms with Crippen LogP contribution in [0.5, 0.6) is 0 Å². The van der Waals surface area contributed by atoms with Crippen molar-refractivity contribution in [1.29, 1.82) is 0 Å². The second-order valence-corrected chi connectivity index (χ2v) is 12.4. The summed E-state index contributed by atoms with van der Waals surface area (Å²) < 4.78 is 12.8. The molecule has 5 nitrogen and oxygen atoms in total. The van der Waals surface area contributed by atoms with Gasteiger partial charge in [0.25, 0.3) is 0 Å². The van der Waals surface area contributed by atoms with Crippen molar-refractivity contribution in [2.45, 2.75) is 0 Å². The first-order chi connectivity index (χ1) is 24.8. The van der Waals surface area contributed by atoms with Gasteiger partial charge < -0.3 is 8.83 Å². The minimum Gasteiger partial charge on any atom is -0.456 e. The Morgan fingerprint density at radius 2 is 1.02 bits per heavy atom. The van der Waals surface area contributed by atoms with E-state index >= 15 is 0 Å². The highest BCUT2D eigenvalue weighted by molar-refractivity contribution is 6.17. The maximum absolute atomic E-state index is 6.69. The van der Waals surface area contributed by atoms with Gasteiger partial charge in [0.2, 0.25) is 0 Å². The topological polar surface area (TPSA) is 65.0 Å². The summed E-state index contributed by atoms with van der Waals surface area (Å²) in [6.45, 7) is 0. The Bertz CT molecular complexity index is 2850. The molecule has 0 atom stereocenters. The van der Waals surface area contributed by atoms with Crippen LogP contribution in [0.2, 0.25) is 0 Å². The molecule has 0 spiro atoms. The summed E-state index contributed by atoms with van der Waals surface area (Å²) in [5, 5.41) is 4.26. The standard InChI is InChI=1S/C45H27N3O2/c1-2-9-29(10-3-1)38-26-39(30-18-16-28(17-19-30)32-11-8-24-46-27-32)48-45(47-38)36-22-21-33(43-35-13-5-7-15-41(35)50-44(36)43)31-20-23-42-37(25-31)34-12-4-6-14-40(34)49-42/h1-27H. The van der Waals surface area contributed by atoms with E-state index in [4.69, 9.17) is 18.8 Å². The quantitative estimate of drug-likeness (QED) is 0.187. The van der Waals surface area contributed by atoms with Gasteiger partial charge in [0.15, 0.2) is 5.82 Å². The van der Waals surface area contributed by atoms with Gasteiger partial charge in [0.1, 0.15) is 22.3 Å². The number of hydrogen-bond donors (Lipinski definition) is 0. The van der Waals surface area contributed by atoms with Crippen molar-refractivity contribution < 1.29 is 8.83 Å². The summed E-state index contributed by atoms with van der Waals surface area (Å²) in [4.78, 5) is 14.6. The number of nitrogens with zero attached hydrogens (tertiary/aromatic N) is 3. The van der Waals surface area contributed by atoms with Crippen LogP contribution in [-0.2, 0) is 0 Å². The lowest BCUT2D eigenvalue weighted by Crippen LogP contribution is -1.96. The second-order valence-electron chi connectivity index (χ2n) is 12.4. The Hall–Kier alpha value is -6.85. The minimum atomic E-state index is 0.601. The van der Waals surface area contributed by atoms with Crippen LogP contribution in [0.15, 0.2) is 173 Å². The minimum absolute atomic E-state index is 0.601. The molecule has 0 aliphatic heterocycles. The van der Waals surface area contributed by atoms with E-state index in [1.54, 1.807) is 6.20 Å². The molecule has 50 heavy (non-hydrogen) atoms. The molecule has 0 aliphatic carbocycles. The zero-order valence-electron chi connectivity index (χ0n) is 26.7. The summed E-state index contributed by atoms with van der Waals surface area (Å²) >= 11 is 0. The molecule has 0 N–H and O–H groups in total. The molecule has 4 aromatic heterocycles. The Morgan fingerprint density at radius 1 is 0.400 bits per heavy atom. The van der Waals surface area contributed by atoms with Crippen LogP contribution >= 0.6 is 0 Å². The van der Waals surface area contributed by atoms with Crippen LogP contribution in [0.25, 0.3) is 100 Å². The highest BCUT2D eigenvalue weighted by atomic mass is 16.3. The summed E-state index contributed by atoms with van der Waals surface area (Å²) in [5.74, 6) is 0.601. The van der Waals surface area contributed by atoms with Gasteiger partial charge in [-0.05, 0) is 64.7 Å². The molecule has 0 bridgehead atoms. The predicted octanol–water partition coefficient (Wildman–Crippen LogP) is 12.0. The average Bonchev–Trinajstić information content (AvgIpc) is 3.77. The Balaban J connectivity index is 1.18. The van der Waals surface area contributed by atoms with Crippen LogP contribution in [0.3, 0.4) is 0 Å². The fourth-order valence-corrected chi connectivity index (χ4v) is 6.98. The highest BCUT2D eigenvalue weighted by Crippen LogP contribution is 2.43. The van der Waals surface area contributed by atoms with E-state index in [0.29, 0.717) is 5.82 Å². The second kappa shape index (κ2) is 11.4. The van der Waals surface area contributed by atoms with Crippen LogP contribution in [0, 0.1) is 0 Å². The van der Waals surface area contributed by atoms with E-state index in [-0.39, 0.29) is 0 Å². The van der Waals surface area contributed by atoms with E-state index < -0.39 is 0 Å². The molecule has 0 aliphatic rings. The first-order valence-electron chi connectivity index (χ1n) is 16.6. The summed E-state index contributed by atoms with van der Waals surface area (Å²) in [5.41, 5.74) is 12.2. The fourth-order valence-electron chi connectivity index (χ4n) is 6.98. The van der Waals surface area contributed by atoms with Crippen LogP contribution in [-0.4, -0.2) is 15.0 Å². The molecule has 0 saturated carbocycles. The molecule has 0 unspecified atom stereocenters. The van der Waals surface area contributed by atoms with E-state index in [1.165, 1.54) is 0 Å². The maximum Gasteiger partial charge on any atom is 0.164 e. The lowest BCUT2D eigenvalue weighted by Gasteiger charge is -2.12. The van der Waals surface area contributed by atoms with Crippen molar-refractivity contribution in [2.75, 3.05) is 0 Å². The molecule has 4 heterocycles. The number of hydrogen-bond acceptors (Lipinski definition) is 5. The van der Waals surface area contributed by atoms with Gasteiger partial charge in [-0.25, -0.2) is 9.97 Å². The molecule has 10 aromatic rings. The number of para-hydroxylation sites is 2. The summed E-state index contributed by atoms with van der Waals surface area (Å²) in [6, 6.07) is 51.8. The van der Waals surface area contributed by atoms with E-state index in [9.17, 15) is 0 Å². The van der Waals surface area contributed by atoms with Gasteiger partial charge in [-0.2, -0.15) is 0 Å². The predicted molar refractivity (Wildman–Crippen MR) is 202 cm³/mol. The third-order valence-corrected chi connectivity index (χ3v) is 9.43. The van der Waals surface area contributed by atoms with Crippen LogP contribution in [0.1, 0.15) is 0 Å². The molecule has 0 radical (unpaired) electrons. The van der Waals surface area contributed by atoms with Gasteiger partial charge in [0, 0.05) is 45.1 Å². The third kappa shape index (κ3) is 4.67. The molecule has 234 valence electrons. The molecular formula is C45H27N3O2. The lowest BCUT2D eigenvalue weighted by atomic mass is 9.95. The van der Waals surface area contributed by atoms with Gasteiger partial charge in [0.05, 0.1) is 17.0 Å². The maximum atomic E-state index is 6.69. The largest absolute Gasteiger partial charge is 0.456 e. The number of pyridine rings is 1. The van der Waals surface area contributed by atoms with E-state index in [1.807, 2.05) is 60.8 Å². The van der Waals surface area contributed by atoms with Crippen molar-refractivity contribution in [3.05, 3.63) is 164 Å².